The van der Waals surface area contributed by atoms with Crippen molar-refractivity contribution in [2.45, 2.75) is 23.9 Å². The van der Waals surface area contributed by atoms with E-state index >= 15 is 0 Å². The molecule has 1 aliphatic heterocycles. The lowest BCUT2D eigenvalue weighted by molar-refractivity contribution is -0.146. The molecule has 2 aromatic rings. The maximum absolute atomic E-state index is 12.8. The number of halogens is 3. The van der Waals surface area contributed by atoms with Crippen LogP contribution in [0, 0.1) is 0 Å². The quantitative estimate of drug-likeness (QED) is 0.859. The molecule has 1 aromatic heterocycles. The predicted octanol–water partition coefficient (Wildman–Crippen LogP) is 3.17. The van der Waals surface area contributed by atoms with Crippen molar-refractivity contribution in [2.24, 2.45) is 0 Å². The molecule has 0 spiro atoms. The second-order valence-corrected chi connectivity index (χ2v) is 7.92. The zero-order valence-electron chi connectivity index (χ0n) is 14.8. The van der Waals surface area contributed by atoms with Gasteiger partial charge in [0, 0.05) is 38.1 Å². The van der Waals surface area contributed by atoms with Gasteiger partial charge < -0.3 is 10.6 Å². The van der Waals surface area contributed by atoms with E-state index < -0.39 is 23.1 Å². The minimum Gasteiger partial charge on any atom is -0.384 e. The van der Waals surface area contributed by atoms with E-state index in [9.17, 15) is 17.4 Å². The summed E-state index contributed by atoms with van der Waals surface area (Å²) in [5, 5.41) is 0. The maximum Gasteiger partial charge on any atom is 0.395 e. The van der Waals surface area contributed by atoms with Crippen LogP contribution in [0.5, 0.6) is 0 Å². The lowest BCUT2D eigenvalue weighted by Crippen LogP contribution is -2.46. The van der Waals surface area contributed by atoms with Crippen molar-refractivity contribution in [1.29, 1.82) is 0 Å². The fraction of sp³-hybridized carbons (Fsp3) is 0.389. The number of nitrogens with two attached hydrogens (primary N) is 1. The lowest BCUT2D eigenvalue weighted by Gasteiger charge is -2.35. The fourth-order valence-electron chi connectivity index (χ4n) is 2.92. The van der Waals surface area contributed by atoms with Gasteiger partial charge >= 0.3 is 6.18 Å². The molecule has 2 heterocycles. The molecule has 1 saturated heterocycles. The largest absolute Gasteiger partial charge is 0.395 e. The van der Waals surface area contributed by atoms with Crippen molar-refractivity contribution in [1.82, 2.24) is 9.29 Å². The van der Waals surface area contributed by atoms with Crippen LogP contribution < -0.4 is 10.6 Å². The van der Waals surface area contributed by atoms with Crippen LogP contribution in [0.15, 0.2) is 47.5 Å². The highest BCUT2D eigenvalue weighted by Gasteiger charge is 2.37. The van der Waals surface area contributed by atoms with Gasteiger partial charge in [-0.1, -0.05) is 12.1 Å². The number of piperazine rings is 1. The smallest absolute Gasteiger partial charge is 0.384 e. The number of hydrogen-bond donors (Lipinski definition) is 1. The number of pyridine rings is 1. The molecule has 27 heavy (non-hydrogen) atoms. The Bertz CT molecular complexity index is 788. The van der Waals surface area contributed by atoms with Gasteiger partial charge in [-0.05, 0) is 36.8 Å². The molecule has 2 N–H and O–H groups in total. The first kappa shape index (κ1) is 19.6. The summed E-state index contributed by atoms with van der Waals surface area (Å²) in [6, 6.07) is 9.80. The monoisotopic (exact) mass is 398 g/mol. The standard InChI is InChI=1S/C18H21F3N4OS/c1-13(18(19,20)21)14-2-4-15(5-3-14)24-8-10-25(11-9-24)27(26)16-6-7-17(22)23-12-16/h2-7,12-13H,8-11H2,1H3,(H2,22,23). The van der Waals surface area contributed by atoms with E-state index in [4.69, 9.17) is 5.73 Å². The fourth-order valence-corrected chi connectivity index (χ4v) is 4.04. The molecule has 0 radical (unpaired) electrons. The second kappa shape index (κ2) is 7.85. The van der Waals surface area contributed by atoms with Crippen molar-refractivity contribution in [3.8, 4) is 0 Å². The van der Waals surface area contributed by atoms with Crippen molar-refractivity contribution in [2.75, 3.05) is 36.8 Å². The SMILES string of the molecule is CC(c1ccc(N2CCN(S(=O)c3ccc(N)nc3)CC2)cc1)C(F)(F)F. The van der Waals surface area contributed by atoms with Crippen LogP contribution in [0.1, 0.15) is 18.4 Å². The topological polar surface area (TPSA) is 62.5 Å². The summed E-state index contributed by atoms with van der Waals surface area (Å²) in [7, 11) is -1.31. The third-order valence-electron chi connectivity index (χ3n) is 4.68. The third kappa shape index (κ3) is 4.59. The van der Waals surface area contributed by atoms with Crippen LogP contribution in [0.3, 0.4) is 0 Å². The summed E-state index contributed by atoms with van der Waals surface area (Å²) < 4.78 is 52.9. The summed E-state index contributed by atoms with van der Waals surface area (Å²) in [5.41, 5.74) is 6.67. The molecule has 0 aliphatic carbocycles. The van der Waals surface area contributed by atoms with Crippen LogP contribution in [-0.4, -0.2) is 45.9 Å². The Kier molecular flexibility index (Phi) is 5.71. The third-order valence-corrected chi connectivity index (χ3v) is 6.16. The number of nitrogens with zero attached hydrogens (tertiary/aromatic N) is 3. The van der Waals surface area contributed by atoms with Crippen molar-refractivity contribution in [3.05, 3.63) is 48.2 Å². The molecule has 9 heteroatoms. The molecule has 0 saturated carbocycles. The van der Waals surface area contributed by atoms with Gasteiger partial charge in [-0.2, -0.15) is 13.2 Å². The molecule has 5 nitrogen and oxygen atoms in total. The number of nitrogen functional groups attached to an aromatic ring is 1. The number of anilines is 2. The highest BCUT2D eigenvalue weighted by Crippen LogP contribution is 2.35. The molecular formula is C18H21F3N4OS. The average molecular weight is 398 g/mol. The molecule has 1 fully saturated rings. The van der Waals surface area contributed by atoms with E-state index in [0.29, 0.717) is 36.9 Å². The maximum atomic E-state index is 12.8. The molecular weight excluding hydrogens is 377 g/mol. The first-order valence-corrected chi connectivity index (χ1v) is 9.66. The summed E-state index contributed by atoms with van der Waals surface area (Å²) in [5.74, 6) is -1.11. The van der Waals surface area contributed by atoms with Gasteiger partial charge in [0.2, 0.25) is 0 Å². The average Bonchev–Trinajstić information content (AvgIpc) is 2.67. The molecule has 2 atom stereocenters. The van der Waals surface area contributed by atoms with Crippen LogP contribution in [0.25, 0.3) is 0 Å². The van der Waals surface area contributed by atoms with E-state index in [1.807, 2.05) is 4.31 Å². The first-order chi connectivity index (χ1) is 12.8. The summed E-state index contributed by atoms with van der Waals surface area (Å²) in [4.78, 5) is 6.65. The zero-order chi connectivity index (χ0) is 19.6. The van der Waals surface area contributed by atoms with Crippen molar-refractivity contribution < 1.29 is 17.4 Å². The number of benzene rings is 1. The molecule has 0 amide bonds. The molecule has 146 valence electrons. The minimum absolute atomic E-state index is 0.252. The number of aromatic nitrogens is 1. The Morgan fingerprint density at radius 2 is 1.70 bits per heavy atom. The highest BCUT2D eigenvalue weighted by molar-refractivity contribution is 7.82. The van der Waals surface area contributed by atoms with Crippen molar-refractivity contribution in [3.63, 3.8) is 0 Å². The van der Waals surface area contributed by atoms with Gasteiger partial charge in [0.05, 0.1) is 10.8 Å². The minimum atomic E-state index is -4.24. The molecule has 0 bridgehead atoms. The summed E-state index contributed by atoms with van der Waals surface area (Å²) in [6.07, 6.45) is -2.73. The Morgan fingerprint density at radius 3 is 2.22 bits per heavy atom. The Labute approximate surface area is 158 Å². The van der Waals surface area contributed by atoms with E-state index in [0.717, 1.165) is 12.6 Å². The van der Waals surface area contributed by atoms with Gasteiger partial charge in [-0.15, -0.1) is 0 Å². The number of hydrogen-bond acceptors (Lipinski definition) is 4. The van der Waals surface area contributed by atoms with Crippen LogP contribution in [0.2, 0.25) is 0 Å². The Morgan fingerprint density at radius 1 is 1.07 bits per heavy atom. The van der Waals surface area contributed by atoms with Crippen LogP contribution in [0.4, 0.5) is 24.7 Å². The van der Waals surface area contributed by atoms with E-state index in [1.54, 1.807) is 24.3 Å². The Hall–Kier alpha value is -2.13. The number of alkyl halides is 3. The zero-order valence-corrected chi connectivity index (χ0v) is 15.6. The summed E-state index contributed by atoms with van der Waals surface area (Å²) >= 11 is 0. The molecule has 2 unspecified atom stereocenters. The first-order valence-electron chi connectivity index (χ1n) is 8.55. The lowest BCUT2D eigenvalue weighted by atomic mass is 10.0. The van der Waals surface area contributed by atoms with Gasteiger partial charge in [-0.25, -0.2) is 13.5 Å². The van der Waals surface area contributed by atoms with Gasteiger partial charge in [-0.3, -0.25) is 0 Å². The van der Waals surface area contributed by atoms with Crippen LogP contribution >= 0.6 is 0 Å². The molecule has 3 rings (SSSR count). The van der Waals surface area contributed by atoms with Gasteiger partial charge in [0.15, 0.2) is 0 Å². The van der Waals surface area contributed by atoms with Crippen molar-refractivity contribution >= 4 is 22.5 Å². The second-order valence-electron chi connectivity index (χ2n) is 6.44. The highest BCUT2D eigenvalue weighted by atomic mass is 32.2. The normalized spacial score (nSPS) is 18.3. The Balaban J connectivity index is 1.60. The predicted molar refractivity (Wildman–Crippen MR) is 99.8 cm³/mol. The molecule has 1 aliphatic rings. The van der Waals surface area contributed by atoms with Gasteiger partial charge in [0.1, 0.15) is 16.8 Å². The summed E-state index contributed by atoms with van der Waals surface area (Å²) in [6.45, 7) is 3.61. The number of rotatable bonds is 4. The van der Waals surface area contributed by atoms with E-state index in [-0.39, 0.29) is 5.56 Å². The molecule has 1 aromatic carbocycles. The van der Waals surface area contributed by atoms with E-state index in [1.165, 1.54) is 18.3 Å². The van der Waals surface area contributed by atoms with E-state index in [2.05, 4.69) is 9.88 Å². The van der Waals surface area contributed by atoms with Crippen LogP contribution in [-0.2, 0) is 11.0 Å². The van der Waals surface area contributed by atoms with Gasteiger partial charge in [0.25, 0.3) is 0 Å².